The summed E-state index contributed by atoms with van der Waals surface area (Å²) in [4.78, 5) is 12.1. The summed E-state index contributed by atoms with van der Waals surface area (Å²) in [5.41, 5.74) is 0.688. The molecule has 4 nitrogen and oxygen atoms in total. The second-order valence-corrected chi connectivity index (χ2v) is 5.85. The summed E-state index contributed by atoms with van der Waals surface area (Å²) < 4.78 is 6.49. The monoisotopic (exact) mass is 335 g/mol. The number of nitrogens with one attached hydrogen (secondary N) is 1. The van der Waals surface area contributed by atoms with Gasteiger partial charge in [0.25, 0.3) is 5.91 Å². The minimum atomic E-state index is -0.231. The molecule has 1 amide bonds. The maximum Gasteiger partial charge on any atom is 0.287 e. The summed E-state index contributed by atoms with van der Waals surface area (Å²) in [5, 5.41) is 12.9. The van der Waals surface area contributed by atoms with Crippen LogP contribution in [0.3, 0.4) is 0 Å². The van der Waals surface area contributed by atoms with E-state index in [4.69, 9.17) is 9.52 Å². The number of halogens is 1. The Labute approximate surface area is 124 Å². The topological polar surface area (TPSA) is 62.5 Å². The van der Waals surface area contributed by atoms with Gasteiger partial charge in [-0.15, -0.1) is 0 Å². The maximum absolute atomic E-state index is 12.1. The number of benzene rings is 1. The fourth-order valence-corrected chi connectivity index (χ4v) is 2.76. The van der Waals surface area contributed by atoms with E-state index < -0.39 is 0 Å². The third kappa shape index (κ3) is 2.64. The van der Waals surface area contributed by atoms with E-state index in [9.17, 15) is 4.79 Å². The number of rotatable bonds is 3. The lowest BCUT2D eigenvalue weighted by Crippen LogP contribution is -2.32. The molecule has 20 heavy (non-hydrogen) atoms. The van der Waals surface area contributed by atoms with Crippen LogP contribution in [0, 0.1) is 5.92 Å². The Balaban J connectivity index is 1.74. The number of carbonyl (C=O) groups excluding carboxylic acids is 1. The standard InChI is InChI=1S/C15H14BrNO3/c16-11-2-4-13-10(6-11)7-14(20-13)15(19)17-12-3-1-9(5-12)8-18/h1-4,6-7,9,12,18H,5,8H2,(H,17,19)/t9-,12+/m0/s1. The van der Waals surface area contributed by atoms with Crippen molar-refractivity contribution in [1.29, 1.82) is 0 Å². The van der Waals surface area contributed by atoms with Gasteiger partial charge in [0.2, 0.25) is 0 Å². The number of hydrogen-bond donors (Lipinski definition) is 2. The fourth-order valence-electron chi connectivity index (χ4n) is 2.38. The molecule has 1 aromatic heterocycles. The summed E-state index contributed by atoms with van der Waals surface area (Å²) in [7, 11) is 0. The second-order valence-electron chi connectivity index (χ2n) is 4.94. The summed E-state index contributed by atoms with van der Waals surface area (Å²) in [6.45, 7) is 0.113. The van der Waals surface area contributed by atoms with Crippen LogP contribution in [0.1, 0.15) is 17.0 Å². The SMILES string of the molecule is O=C(N[C@@H]1C=C[C@H](CO)C1)c1cc2cc(Br)ccc2o1. The minimum Gasteiger partial charge on any atom is -0.451 e. The molecule has 3 rings (SSSR count). The van der Waals surface area contributed by atoms with Crippen LogP contribution in [-0.2, 0) is 0 Å². The smallest absolute Gasteiger partial charge is 0.287 e. The first-order valence-corrected chi connectivity index (χ1v) is 7.24. The van der Waals surface area contributed by atoms with E-state index in [2.05, 4.69) is 21.2 Å². The zero-order chi connectivity index (χ0) is 14.1. The Morgan fingerprint density at radius 3 is 3.00 bits per heavy atom. The van der Waals surface area contributed by atoms with Gasteiger partial charge in [-0.1, -0.05) is 28.1 Å². The Hall–Kier alpha value is -1.59. The fraction of sp³-hybridized carbons (Fsp3) is 0.267. The number of carbonyl (C=O) groups is 1. The first kappa shape index (κ1) is 13.4. The predicted octanol–water partition coefficient (Wildman–Crippen LogP) is 2.86. The third-order valence-electron chi connectivity index (χ3n) is 3.43. The summed E-state index contributed by atoms with van der Waals surface area (Å²) in [5.74, 6) is 0.205. The molecule has 2 aromatic rings. The number of aliphatic hydroxyl groups excluding tert-OH is 1. The number of aliphatic hydroxyl groups is 1. The molecule has 1 aliphatic carbocycles. The van der Waals surface area contributed by atoms with Crippen LogP contribution in [0.2, 0.25) is 0 Å². The first-order chi connectivity index (χ1) is 9.65. The van der Waals surface area contributed by atoms with Crippen LogP contribution < -0.4 is 5.32 Å². The lowest BCUT2D eigenvalue weighted by molar-refractivity contribution is 0.0915. The van der Waals surface area contributed by atoms with Crippen molar-refractivity contribution in [3.8, 4) is 0 Å². The minimum absolute atomic E-state index is 0.0420. The zero-order valence-corrected chi connectivity index (χ0v) is 12.3. The van der Waals surface area contributed by atoms with Gasteiger partial charge in [0.05, 0.1) is 0 Å². The lowest BCUT2D eigenvalue weighted by atomic mass is 10.1. The summed E-state index contributed by atoms with van der Waals surface area (Å²) in [6, 6.07) is 7.30. The van der Waals surface area contributed by atoms with E-state index in [1.54, 1.807) is 6.07 Å². The van der Waals surface area contributed by atoms with Gasteiger partial charge >= 0.3 is 0 Å². The van der Waals surface area contributed by atoms with Crippen LogP contribution in [0.5, 0.6) is 0 Å². The molecule has 0 radical (unpaired) electrons. The average Bonchev–Trinajstić information content (AvgIpc) is 3.04. The highest BCUT2D eigenvalue weighted by atomic mass is 79.9. The zero-order valence-electron chi connectivity index (χ0n) is 10.7. The largest absolute Gasteiger partial charge is 0.451 e. The van der Waals surface area contributed by atoms with Gasteiger partial charge in [0.15, 0.2) is 5.76 Å². The van der Waals surface area contributed by atoms with E-state index in [1.165, 1.54) is 0 Å². The Morgan fingerprint density at radius 1 is 1.40 bits per heavy atom. The van der Waals surface area contributed by atoms with Gasteiger partial charge in [-0.05, 0) is 30.7 Å². The lowest BCUT2D eigenvalue weighted by Gasteiger charge is -2.11. The van der Waals surface area contributed by atoms with Crippen LogP contribution >= 0.6 is 15.9 Å². The van der Waals surface area contributed by atoms with E-state index in [-0.39, 0.29) is 24.5 Å². The molecule has 5 heteroatoms. The summed E-state index contributed by atoms with van der Waals surface area (Å²) >= 11 is 3.39. The van der Waals surface area contributed by atoms with Crippen molar-refractivity contribution in [3.05, 3.63) is 46.7 Å². The molecule has 0 unspecified atom stereocenters. The van der Waals surface area contributed by atoms with Gasteiger partial charge in [0, 0.05) is 28.4 Å². The highest BCUT2D eigenvalue weighted by Gasteiger charge is 2.21. The molecule has 0 saturated carbocycles. The van der Waals surface area contributed by atoms with Gasteiger partial charge in [0.1, 0.15) is 5.58 Å². The van der Waals surface area contributed by atoms with Gasteiger partial charge < -0.3 is 14.8 Å². The van der Waals surface area contributed by atoms with Crippen molar-refractivity contribution >= 4 is 32.8 Å². The van der Waals surface area contributed by atoms with E-state index in [0.717, 1.165) is 16.3 Å². The molecule has 2 atom stereocenters. The molecule has 104 valence electrons. The van der Waals surface area contributed by atoms with Crippen molar-refractivity contribution in [1.82, 2.24) is 5.32 Å². The van der Waals surface area contributed by atoms with Crippen LogP contribution in [-0.4, -0.2) is 23.7 Å². The molecular formula is C15H14BrNO3. The molecule has 1 aromatic carbocycles. The van der Waals surface area contributed by atoms with Crippen molar-refractivity contribution in [2.24, 2.45) is 5.92 Å². The number of furan rings is 1. The van der Waals surface area contributed by atoms with Crippen LogP contribution in [0.4, 0.5) is 0 Å². The molecule has 0 spiro atoms. The first-order valence-electron chi connectivity index (χ1n) is 6.45. The normalized spacial score (nSPS) is 21.5. The number of hydrogen-bond acceptors (Lipinski definition) is 3. The number of fused-ring (bicyclic) bond motifs is 1. The molecule has 0 saturated heterocycles. The molecule has 1 heterocycles. The molecule has 0 aliphatic heterocycles. The highest BCUT2D eigenvalue weighted by molar-refractivity contribution is 9.10. The van der Waals surface area contributed by atoms with Gasteiger partial charge in [-0.25, -0.2) is 0 Å². The van der Waals surface area contributed by atoms with Crippen molar-refractivity contribution in [2.75, 3.05) is 6.61 Å². The van der Waals surface area contributed by atoms with E-state index >= 15 is 0 Å². The van der Waals surface area contributed by atoms with E-state index in [0.29, 0.717) is 11.3 Å². The number of amides is 1. The third-order valence-corrected chi connectivity index (χ3v) is 3.92. The van der Waals surface area contributed by atoms with Crippen LogP contribution in [0.15, 0.2) is 45.3 Å². The second kappa shape index (κ2) is 5.42. The quantitative estimate of drug-likeness (QED) is 0.848. The Kier molecular flexibility index (Phi) is 3.63. The van der Waals surface area contributed by atoms with Crippen molar-refractivity contribution < 1.29 is 14.3 Å². The van der Waals surface area contributed by atoms with Crippen molar-refractivity contribution in [2.45, 2.75) is 12.5 Å². The molecular weight excluding hydrogens is 322 g/mol. The highest BCUT2D eigenvalue weighted by Crippen LogP contribution is 2.24. The summed E-state index contributed by atoms with van der Waals surface area (Å²) in [6.07, 6.45) is 4.58. The van der Waals surface area contributed by atoms with Crippen LogP contribution in [0.25, 0.3) is 11.0 Å². The maximum atomic E-state index is 12.1. The van der Waals surface area contributed by atoms with Crippen molar-refractivity contribution in [3.63, 3.8) is 0 Å². The molecule has 0 bridgehead atoms. The van der Waals surface area contributed by atoms with Gasteiger partial charge in [-0.2, -0.15) is 0 Å². The Morgan fingerprint density at radius 2 is 2.25 bits per heavy atom. The Bertz CT molecular complexity index is 677. The van der Waals surface area contributed by atoms with E-state index in [1.807, 2.05) is 30.4 Å². The average molecular weight is 336 g/mol. The molecule has 1 aliphatic rings. The van der Waals surface area contributed by atoms with Gasteiger partial charge in [-0.3, -0.25) is 4.79 Å². The molecule has 2 N–H and O–H groups in total. The molecule has 0 fully saturated rings. The predicted molar refractivity (Wildman–Crippen MR) is 79.5 cm³/mol.